The molecule has 1 atom stereocenters. The van der Waals surface area contributed by atoms with Crippen molar-refractivity contribution in [3.63, 3.8) is 0 Å². The highest BCUT2D eigenvalue weighted by atomic mass is 16.5. The minimum absolute atomic E-state index is 0.127. The third kappa shape index (κ3) is 2.78. The standard InChI is InChI=1S/C22H20N2O4/c1-22(13-19(25)24(20(22)26)14-15-6-4-3-5-7-15)17-8-9-18-16(12-17)10-11-23(18)21(27)28-2/h3-12H,13-14H2,1-2H3. The largest absolute Gasteiger partial charge is 0.452 e. The second kappa shape index (κ2) is 6.64. The predicted octanol–water partition coefficient (Wildman–Crippen LogP) is 3.47. The number of rotatable bonds is 3. The number of methoxy groups -OCH3 is 1. The van der Waals surface area contributed by atoms with E-state index in [1.807, 2.05) is 36.4 Å². The summed E-state index contributed by atoms with van der Waals surface area (Å²) in [7, 11) is 1.33. The Morgan fingerprint density at radius 2 is 1.86 bits per heavy atom. The molecule has 1 fully saturated rings. The summed E-state index contributed by atoms with van der Waals surface area (Å²) in [6, 6.07) is 16.7. The summed E-state index contributed by atoms with van der Waals surface area (Å²) in [6.07, 6.45) is 1.28. The molecule has 0 bridgehead atoms. The lowest BCUT2D eigenvalue weighted by atomic mass is 9.80. The van der Waals surface area contributed by atoms with E-state index in [0.717, 1.165) is 16.5 Å². The van der Waals surface area contributed by atoms with E-state index in [1.54, 1.807) is 31.3 Å². The van der Waals surface area contributed by atoms with Crippen LogP contribution in [0.4, 0.5) is 4.79 Å². The van der Waals surface area contributed by atoms with Crippen molar-refractivity contribution >= 4 is 28.8 Å². The Kier molecular flexibility index (Phi) is 4.26. The molecule has 1 unspecified atom stereocenters. The van der Waals surface area contributed by atoms with Crippen LogP contribution in [0.2, 0.25) is 0 Å². The number of likely N-dealkylation sites (tertiary alicyclic amines) is 1. The van der Waals surface area contributed by atoms with Gasteiger partial charge in [0.1, 0.15) is 0 Å². The monoisotopic (exact) mass is 376 g/mol. The lowest BCUT2D eigenvalue weighted by Gasteiger charge is -2.23. The number of carbonyl (C=O) groups is 3. The van der Waals surface area contributed by atoms with Gasteiger partial charge >= 0.3 is 6.09 Å². The summed E-state index contributed by atoms with van der Waals surface area (Å²) in [5.41, 5.74) is 1.45. The molecule has 142 valence electrons. The number of hydrogen-bond donors (Lipinski definition) is 0. The van der Waals surface area contributed by atoms with Crippen LogP contribution in [0.15, 0.2) is 60.8 Å². The van der Waals surface area contributed by atoms with Gasteiger partial charge in [-0.05, 0) is 36.2 Å². The number of nitrogens with zero attached hydrogens (tertiary/aromatic N) is 2. The highest BCUT2D eigenvalue weighted by Gasteiger charge is 2.49. The quantitative estimate of drug-likeness (QED) is 0.657. The fraction of sp³-hybridized carbons (Fsp3) is 0.227. The van der Waals surface area contributed by atoms with E-state index in [9.17, 15) is 14.4 Å². The van der Waals surface area contributed by atoms with Crippen LogP contribution in [-0.2, 0) is 26.3 Å². The molecule has 0 radical (unpaired) electrons. The molecule has 1 saturated heterocycles. The minimum atomic E-state index is -0.923. The Hall–Kier alpha value is -3.41. The van der Waals surface area contributed by atoms with Crippen LogP contribution in [0.1, 0.15) is 24.5 Å². The maximum atomic E-state index is 13.2. The number of aromatic nitrogens is 1. The van der Waals surface area contributed by atoms with Crippen LogP contribution in [0.3, 0.4) is 0 Å². The average Bonchev–Trinajstić information content (AvgIpc) is 3.23. The zero-order chi connectivity index (χ0) is 19.9. The van der Waals surface area contributed by atoms with Crippen molar-refractivity contribution in [3.8, 4) is 0 Å². The van der Waals surface area contributed by atoms with Gasteiger partial charge in [-0.25, -0.2) is 4.79 Å². The molecule has 1 aromatic heterocycles. The molecule has 6 nitrogen and oxygen atoms in total. The molecular formula is C22H20N2O4. The molecule has 4 rings (SSSR count). The minimum Gasteiger partial charge on any atom is -0.452 e. The van der Waals surface area contributed by atoms with Crippen molar-refractivity contribution in [3.05, 3.63) is 71.9 Å². The molecule has 1 aliphatic rings. The third-order valence-electron chi connectivity index (χ3n) is 5.41. The Morgan fingerprint density at radius 3 is 2.57 bits per heavy atom. The fourth-order valence-electron chi connectivity index (χ4n) is 3.78. The van der Waals surface area contributed by atoms with Gasteiger partial charge in [0.25, 0.3) is 0 Å². The second-order valence-electron chi connectivity index (χ2n) is 7.21. The first-order valence-electron chi connectivity index (χ1n) is 9.02. The number of carbonyl (C=O) groups excluding carboxylic acids is 3. The Balaban J connectivity index is 1.67. The first-order valence-corrected chi connectivity index (χ1v) is 9.02. The van der Waals surface area contributed by atoms with Crippen LogP contribution < -0.4 is 0 Å². The summed E-state index contributed by atoms with van der Waals surface area (Å²) < 4.78 is 6.18. The molecule has 0 spiro atoms. The Morgan fingerprint density at radius 1 is 1.11 bits per heavy atom. The van der Waals surface area contributed by atoms with Crippen LogP contribution in [0, 0.1) is 0 Å². The number of ether oxygens (including phenoxy) is 1. The molecule has 6 heteroatoms. The molecule has 0 aliphatic carbocycles. The van der Waals surface area contributed by atoms with Gasteiger partial charge in [-0.2, -0.15) is 0 Å². The van der Waals surface area contributed by atoms with E-state index in [-0.39, 0.29) is 24.8 Å². The van der Waals surface area contributed by atoms with E-state index in [4.69, 9.17) is 4.74 Å². The van der Waals surface area contributed by atoms with Crippen LogP contribution in [-0.4, -0.2) is 34.5 Å². The van der Waals surface area contributed by atoms with Crippen LogP contribution in [0.25, 0.3) is 10.9 Å². The topological polar surface area (TPSA) is 68.6 Å². The van der Waals surface area contributed by atoms with E-state index in [2.05, 4.69) is 0 Å². The van der Waals surface area contributed by atoms with Gasteiger partial charge in [0.15, 0.2) is 0 Å². The molecule has 2 amide bonds. The lowest BCUT2D eigenvalue weighted by Crippen LogP contribution is -2.36. The summed E-state index contributed by atoms with van der Waals surface area (Å²) in [4.78, 5) is 38.9. The van der Waals surface area contributed by atoms with Crippen molar-refractivity contribution in [2.24, 2.45) is 0 Å². The predicted molar refractivity (Wildman–Crippen MR) is 104 cm³/mol. The number of benzene rings is 2. The van der Waals surface area contributed by atoms with Gasteiger partial charge in [-0.3, -0.25) is 19.1 Å². The molecule has 2 heterocycles. The van der Waals surface area contributed by atoms with Crippen LogP contribution >= 0.6 is 0 Å². The lowest BCUT2D eigenvalue weighted by molar-refractivity contribution is -0.140. The van der Waals surface area contributed by atoms with Crippen molar-refractivity contribution in [2.45, 2.75) is 25.3 Å². The van der Waals surface area contributed by atoms with E-state index < -0.39 is 11.5 Å². The van der Waals surface area contributed by atoms with Gasteiger partial charge in [0.2, 0.25) is 11.8 Å². The number of amides is 2. The number of fused-ring (bicyclic) bond motifs is 1. The highest BCUT2D eigenvalue weighted by Crippen LogP contribution is 2.38. The zero-order valence-corrected chi connectivity index (χ0v) is 15.7. The smallest absolute Gasteiger partial charge is 0.418 e. The van der Waals surface area contributed by atoms with Crippen molar-refractivity contribution < 1.29 is 19.1 Å². The summed E-state index contributed by atoms with van der Waals surface area (Å²) >= 11 is 0. The van der Waals surface area contributed by atoms with Crippen LogP contribution in [0.5, 0.6) is 0 Å². The van der Waals surface area contributed by atoms with Gasteiger partial charge in [0, 0.05) is 18.0 Å². The first kappa shape index (κ1) is 18.0. The normalized spacial score (nSPS) is 19.4. The van der Waals surface area contributed by atoms with Gasteiger partial charge < -0.3 is 4.74 Å². The number of hydrogen-bond acceptors (Lipinski definition) is 4. The van der Waals surface area contributed by atoms with Gasteiger partial charge in [0.05, 0.1) is 24.6 Å². The summed E-state index contributed by atoms with van der Waals surface area (Å²) in [5, 5.41) is 0.811. The van der Waals surface area contributed by atoms with Gasteiger partial charge in [-0.1, -0.05) is 36.4 Å². The average molecular weight is 376 g/mol. The van der Waals surface area contributed by atoms with E-state index in [0.29, 0.717) is 5.52 Å². The second-order valence-corrected chi connectivity index (χ2v) is 7.21. The summed E-state index contributed by atoms with van der Waals surface area (Å²) in [5.74, 6) is -0.378. The molecule has 2 aromatic carbocycles. The molecule has 0 saturated carbocycles. The fourth-order valence-corrected chi connectivity index (χ4v) is 3.78. The molecule has 3 aromatic rings. The molecule has 0 N–H and O–H groups in total. The van der Waals surface area contributed by atoms with E-state index >= 15 is 0 Å². The highest BCUT2D eigenvalue weighted by molar-refractivity contribution is 6.09. The SMILES string of the molecule is COC(=O)n1ccc2cc(C3(C)CC(=O)N(Cc4ccccc4)C3=O)ccc21. The number of imide groups is 1. The first-order chi connectivity index (χ1) is 13.4. The third-order valence-corrected chi connectivity index (χ3v) is 5.41. The molecule has 1 aliphatic heterocycles. The van der Waals surface area contributed by atoms with Crippen molar-refractivity contribution in [1.82, 2.24) is 9.47 Å². The zero-order valence-electron chi connectivity index (χ0n) is 15.7. The molecular weight excluding hydrogens is 356 g/mol. The maximum Gasteiger partial charge on any atom is 0.418 e. The summed E-state index contributed by atoms with van der Waals surface area (Å²) in [6.45, 7) is 2.08. The van der Waals surface area contributed by atoms with Crippen molar-refractivity contribution in [2.75, 3.05) is 7.11 Å². The maximum absolute atomic E-state index is 13.2. The Bertz CT molecular complexity index is 1090. The van der Waals surface area contributed by atoms with Crippen molar-refractivity contribution in [1.29, 1.82) is 0 Å². The Labute approximate surface area is 162 Å². The van der Waals surface area contributed by atoms with Gasteiger partial charge in [-0.15, -0.1) is 0 Å². The molecule has 28 heavy (non-hydrogen) atoms. The van der Waals surface area contributed by atoms with E-state index in [1.165, 1.54) is 16.6 Å².